The molecule has 0 radical (unpaired) electrons. The summed E-state index contributed by atoms with van der Waals surface area (Å²) in [4.78, 5) is 17.2. The van der Waals surface area contributed by atoms with E-state index in [1.807, 2.05) is 17.7 Å². The van der Waals surface area contributed by atoms with Gasteiger partial charge in [0.05, 0.1) is 23.2 Å². The third-order valence-corrected chi connectivity index (χ3v) is 4.62. The van der Waals surface area contributed by atoms with Gasteiger partial charge in [-0.1, -0.05) is 6.92 Å². The van der Waals surface area contributed by atoms with Gasteiger partial charge >= 0.3 is 0 Å². The zero-order chi connectivity index (χ0) is 16.4. The molecule has 1 aliphatic heterocycles. The van der Waals surface area contributed by atoms with E-state index >= 15 is 0 Å². The number of aryl methyl sites for hydroxylation is 1. The summed E-state index contributed by atoms with van der Waals surface area (Å²) in [7, 11) is 0. The van der Waals surface area contributed by atoms with E-state index in [0.29, 0.717) is 18.2 Å². The van der Waals surface area contributed by atoms with E-state index < -0.39 is 0 Å². The predicted molar refractivity (Wildman–Crippen MR) is 90.6 cm³/mol. The molecular weight excluding hydrogens is 290 g/mol. The summed E-state index contributed by atoms with van der Waals surface area (Å²) in [5, 5.41) is 11.7. The standard InChI is InChI=1S/C17H25N5O/c1-4-12(3)22-16-15(10-20-22)14(8-11(2)21-16)17(23)19-9-13-6-5-7-18-13/h8,10,12-13,18H,4-7,9H2,1-3H3,(H,19,23). The van der Waals surface area contributed by atoms with Crippen LogP contribution in [0, 0.1) is 6.92 Å². The maximum Gasteiger partial charge on any atom is 0.252 e. The van der Waals surface area contributed by atoms with E-state index in [1.165, 1.54) is 6.42 Å². The van der Waals surface area contributed by atoms with Crippen molar-refractivity contribution < 1.29 is 4.79 Å². The monoisotopic (exact) mass is 315 g/mol. The van der Waals surface area contributed by atoms with Crippen LogP contribution in [0.2, 0.25) is 0 Å². The Morgan fingerprint density at radius 3 is 3.09 bits per heavy atom. The number of pyridine rings is 1. The van der Waals surface area contributed by atoms with Crippen molar-refractivity contribution in [3.05, 3.63) is 23.5 Å². The number of nitrogens with zero attached hydrogens (tertiary/aromatic N) is 3. The fraction of sp³-hybridized carbons (Fsp3) is 0.588. The van der Waals surface area contributed by atoms with Gasteiger partial charge in [0.2, 0.25) is 0 Å². The van der Waals surface area contributed by atoms with Crippen LogP contribution in [0.3, 0.4) is 0 Å². The van der Waals surface area contributed by atoms with Crippen molar-refractivity contribution in [1.29, 1.82) is 0 Å². The van der Waals surface area contributed by atoms with Gasteiger partial charge in [-0.25, -0.2) is 9.67 Å². The van der Waals surface area contributed by atoms with Gasteiger partial charge in [0.25, 0.3) is 5.91 Å². The molecule has 0 saturated carbocycles. The second-order valence-corrected chi connectivity index (χ2v) is 6.40. The molecule has 1 saturated heterocycles. The Balaban J connectivity index is 1.87. The lowest BCUT2D eigenvalue weighted by atomic mass is 10.1. The van der Waals surface area contributed by atoms with Gasteiger partial charge in [0, 0.05) is 18.3 Å². The van der Waals surface area contributed by atoms with E-state index in [1.54, 1.807) is 6.20 Å². The van der Waals surface area contributed by atoms with Crippen LogP contribution >= 0.6 is 0 Å². The Labute approximate surface area is 136 Å². The number of nitrogens with one attached hydrogen (secondary N) is 2. The smallest absolute Gasteiger partial charge is 0.252 e. The first kappa shape index (κ1) is 15.9. The predicted octanol–water partition coefficient (Wildman–Crippen LogP) is 2.19. The lowest BCUT2D eigenvalue weighted by molar-refractivity contribution is 0.0952. The number of aromatic nitrogens is 3. The molecular formula is C17H25N5O. The second-order valence-electron chi connectivity index (χ2n) is 6.40. The Kier molecular flexibility index (Phi) is 4.61. The summed E-state index contributed by atoms with van der Waals surface area (Å²) in [6.45, 7) is 7.86. The summed E-state index contributed by atoms with van der Waals surface area (Å²) in [5.41, 5.74) is 2.30. The molecule has 2 unspecified atom stereocenters. The minimum atomic E-state index is -0.0436. The number of fused-ring (bicyclic) bond motifs is 1. The van der Waals surface area contributed by atoms with E-state index in [2.05, 4.69) is 34.6 Å². The van der Waals surface area contributed by atoms with Gasteiger partial charge in [-0.2, -0.15) is 5.10 Å². The molecule has 3 heterocycles. The first-order valence-electron chi connectivity index (χ1n) is 8.46. The van der Waals surface area contributed by atoms with Crippen molar-refractivity contribution in [3.63, 3.8) is 0 Å². The van der Waals surface area contributed by atoms with Gasteiger partial charge in [-0.3, -0.25) is 4.79 Å². The van der Waals surface area contributed by atoms with Crippen molar-refractivity contribution in [1.82, 2.24) is 25.4 Å². The fourth-order valence-electron chi connectivity index (χ4n) is 3.07. The van der Waals surface area contributed by atoms with Crippen LogP contribution in [-0.4, -0.2) is 39.8 Å². The van der Waals surface area contributed by atoms with Crippen molar-refractivity contribution in [3.8, 4) is 0 Å². The molecule has 1 aliphatic rings. The molecule has 2 atom stereocenters. The van der Waals surface area contributed by atoms with Crippen LogP contribution in [0.15, 0.2) is 12.3 Å². The highest BCUT2D eigenvalue weighted by molar-refractivity contribution is 6.05. The Hall–Kier alpha value is -1.95. The molecule has 2 N–H and O–H groups in total. The quantitative estimate of drug-likeness (QED) is 0.887. The molecule has 0 spiro atoms. The summed E-state index contributed by atoms with van der Waals surface area (Å²) < 4.78 is 1.91. The summed E-state index contributed by atoms with van der Waals surface area (Å²) in [5.74, 6) is -0.0436. The molecule has 6 heteroatoms. The van der Waals surface area contributed by atoms with Crippen LogP contribution < -0.4 is 10.6 Å². The molecule has 124 valence electrons. The first-order valence-corrected chi connectivity index (χ1v) is 8.46. The van der Waals surface area contributed by atoms with E-state index in [0.717, 1.165) is 36.1 Å². The third kappa shape index (κ3) is 3.22. The first-order chi connectivity index (χ1) is 11.1. The van der Waals surface area contributed by atoms with Gasteiger partial charge < -0.3 is 10.6 Å². The molecule has 1 fully saturated rings. The summed E-state index contributed by atoms with van der Waals surface area (Å²) >= 11 is 0. The topological polar surface area (TPSA) is 71.8 Å². The molecule has 0 aliphatic carbocycles. The average Bonchev–Trinajstić information content (AvgIpc) is 3.20. The largest absolute Gasteiger partial charge is 0.350 e. The third-order valence-electron chi connectivity index (χ3n) is 4.62. The number of hydrogen-bond donors (Lipinski definition) is 2. The van der Waals surface area contributed by atoms with Crippen LogP contribution in [0.4, 0.5) is 0 Å². The second kappa shape index (κ2) is 6.66. The lowest BCUT2D eigenvalue weighted by Crippen LogP contribution is -2.37. The minimum absolute atomic E-state index is 0.0436. The maximum atomic E-state index is 12.6. The zero-order valence-corrected chi connectivity index (χ0v) is 14.1. The van der Waals surface area contributed by atoms with Crippen molar-refractivity contribution in [2.45, 2.75) is 52.1 Å². The molecule has 0 aromatic carbocycles. The van der Waals surface area contributed by atoms with Gasteiger partial charge in [-0.05, 0) is 45.7 Å². The van der Waals surface area contributed by atoms with Crippen LogP contribution in [0.5, 0.6) is 0 Å². The molecule has 2 aromatic rings. The molecule has 1 amide bonds. The highest BCUT2D eigenvalue weighted by atomic mass is 16.1. The minimum Gasteiger partial charge on any atom is -0.350 e. The Morgan fingerprint density at radius 2 is 2.39 bits per heavy atom. The number of carbonyl (C=O) groups is 1. The number of rotatable bonds is 5. The summed E-state index contributed by atoms with van der Waals surface area (Å²) in [6.07, 6.45) is 5.04. The van der Waals surface area contributed by atoms with Gasteiger partial charge in [-0.15, -0.1) is 0 Å². The molecule has 2 aromatic heterocycles. The van der Waals surface area contributed by atoms with Gasteiger partial charge in [0.15, 0.2) is 5.65 Å². The van der Waals surface area contributed by atoms with E-state index in [9.17, 15) is 4.79 Å². The lowest BCUT2D eigenvalue weighted by Gasteiger charge is -2.13. The maximum absolute atomic E-state index is 12.6. The van der Waals surface area contributed by atoms with Crippen molar-refractivity contribution in [2.24, 2.45) is 0 Å². The number of carbonyl (C=O) groups excluding carboxylic acids is 1. The van der Waals surface area contributed by atoms with Crippen LogP contribution in [-0.2, 0) is 0 Å². The normalized spacial score (nSPS) is 19.2. The number of amides is 1. The highest BCUT2D eigenvalue weighted by Gasteiger charge is 2.19. The zero-order valence-electron chi connectivity index (χ0n) is 14.1. The van der Waals surface area contributed by atoms with Crippen LogP contribution in [0.1, 0.15) is 55.2 Å². The van der Waals surface area contributed by atoms with Crippen LogP contribution in [0.25, 0.3) is 11.0 Å². The summed E-state index contributed by atoms with van der Waals surface area (Å²) in [6, 6.07) is 2.50. The highest BCUT2D eigenvalue weighted by Crippen LogP contribution is 2.22. The Morgan fingerprint density at radius 1 is 1.57 bits per heavy atom. The molecule has 6 nitrogen and oxygen atoms in total. The SMILES string of the molecule is CCC(C)n1ncc2c(C(=O)NCC3CCCN3)cc(C)nc21. The van der Waals surface area contributed by atoms with Crippen molar-refractivity contribution >= 4 is 16.9 Å². The number of hydrogen-bond acceptors (Lipinski definition) is 4. The van der Waals surface area contributed by atoms with Gasteiger partial charge in [0.1, 0.15) is 0 Å². The average molecular weight is 315 g/mol. The van der Waals surface area contributed by atoms with E-state index in [-0.39, 0.29) is 11.9 Å². The van der Waals surface area contributed by atoms with Crippen molar-refractivity contribution in [2.75, 3.05) is 13.1 Å². The molecule has 23 heavy (non-hydrogen) atoms. The van der Waals surface area contributed by atoms with E-state index in [4.69, 9.17) is 0 Å². The fourth-order valence-corrected chi connectivity index (χ4v) is 3.07. The molecule has 3 rings (SSSR count). The Bertz CT molecular complexity index is 702. The molecule has 0 bridgehead atoms.